The molecular weight excluding hydrogens is 464 g/mol. The zero-order valence-corrected chi connectivity index (χ0v) is 19.9. The number of pyridine rings is 1. The summed E-state index contributed by atoms with van der Waals surface area (Å²) < 4.78 is 2.23. The molecule has 4 aromatic rings. The molecule has 4 heterocycles. The van der Waals surface area contributed by atoms with Crippen LogP contribution in [0.5, 0.6) is 0 Å². The minimum absolute atomic E-state index is 0.0638. The standard InChI is InChI=1S/C21H20N6O4S2/c1-10-16(15-8-5-12(33-15)9-22-11(2)28)24-20(32-10)25-18(29)14-7-6-13-17(23-14)26(3)21(31)27(4)19(13)30/h5-8H,9H2,1-4H3,(H,22,28)(H,24,25,29). The normalized spacial score (nSPS) is 11.0. The van der Waals surface area contributed by atoms with Crippen LogP contribution in [0.2, 0.25) is 0 Å². The fraction of sp³-hybridized carbons (Fsp3) is 0.238. The third kappa shape index (κ3) is 4.34. The molecule has 33 heavy (non-hydrogen) atoms. The summed E-state index contributed by atoms with van der Waals surface area (Å²) in [5.41, 5.74) is -0.0363. The number of fused-ring (bicyclic) bond motifs is 1. The summed E-state index contributed by atoms with van der Waals surface area (Å²) in [5, 5.41) is 6.16. The number of carbonyl (C=O) groups excluding carboxylic acids is 2. The Hall–Kier alpha value is -3.64. The summed E-state index contributed by atoms with van der Waals surface area (Å²) in [5.74, 6) is -0.592. The van der Waals surface area contributed by atoms with E-state index in [1.54, 1.807) is 0 Å². The maximum absolute atomic E-state index is 12.8. The van der Waals surface area contributed by atoms with Gasteiger partial charge in [-0.2, -0.15) is 0 Å². The molecular formula is C21H20N6O4S2. The highest BCUT2D eigenvalue weighted by Gasteiger charge is 2.17. The molecule has 2 amide bonds. The van der Waals surface area contributed by atoms with Crippen LogP contribution >= 0.6 is 22.7 Å². The third-order valence-electron chi connectivity index (χ3n) is 4.96. The van der Waals surface area contributed by atoms with Gasteiger partial charge >= 0.3 is 5.69 Å². The molecule has 0 saturated heterocycles. The topological polar surface area (TPSA) is 128 Å². The summed E-state index contributed by atoms with van der Waals surface area (Å²) in [6.07, 6.45) is 0. The van der Waals surface area contributed by atoms with Crippen molar-refractivity contribution in [3.63, 3.8) is 0 Å². The van der Waals surface area contributed by atoms with Crippen molar-refractivity contribution in [1.29, 1.82) is 0 Å². The third-order valence-corrected chi connectivity index (χ3v) is 6.94. The molecule has 0 aromatic carbocycles. The maximum atomic E-state index is 12.8. The lowest BCUT2D eigenvalue weighted by molar-refractivity contribution is -0.119. The lowest BCUT2D eigenvalue weighted by Gasteiger charge is -2.08. The number of thiazole rings is 1. The van der Waals surface area contributed by atoms with Gasteiger partial charge in [-0.15, -0.1) is 22.7 Å². The van der Waals surface area contributed by atoms with Crippen molar-refractivity contribution < 1.29 is 9.59 Å². The molecule has 12 heteroatoms. The first kappa shape index (κ1) is 22.6. The number of amides is 2. The largest absolute Gasteiger partial charge is 0.351 e. The summed E-state index contributed by atoms with van der Waals surface area (Å²) in [6.45, 7) is 3.83. The second-order valence-corrected chi connectivity index (χ2v) is 9.70. The number of aryl methyl sites for hydroxylation is 2. The monoisotopic (exact) mass is 484 g/mol. The Morgan fingerprint density at radius 1 is 1.03 bits per heavy atom. The molecule has 2 N–H and O–H groups in total. The van der Waals surface area contributed by atoms with Gasteiger partial charge in [-0.3, -0.25) is 28.8 Å². The number of aromatic nitrogens is 4. The second-order valence-electron chi connectivity index (χ2n) is 7.33. The van der Waals surface area contributed by atoms with E-state index in [2.05, 4.69) is 20.6 Å². The van der Waals surface area contributed by atoms with Gasteiger partial charge in [0, 0.05) is 30.8 Å². The molecule has 0 fully saturated rings. The van der Waals surface area contributed by atoms with Crippen LogP contribution in [0.3, 0.4) is 0 Å². The van der Waals surface area contributed by atoms with Gasteiger partial charge in [0.25, 0.3) is 11.5 Å². The van der Waals surface area contributed by atoms with Gasteiger partial charge in [-0.05, 0) is 31.2 Å². The van der Waals surface area contributed by atoms with E-state index in [-0.39, 0.29) is 22.6 Å². The van der Waals surface area contributed by atoms with E-state index < -0.39 is 17.2 Å². The van der Waals surface area contributed by atoms with Crippen LogP contribution in [0.15, 0.2) is 33.9 Å². The molecule has 170 valence electrons. The molecule has 0 saturated carbocycles. The molecule has 0 radical (unpaired) electrons. The van der Waals surface area contributed by atoms with Crippen molar-refractivity contribution in [3.05, 3.63) is 60.6 Å². The van der Waals surface area contributed by atoms with E-state index in [1.807, 2.05) is 19.1 Å². The number of nitrogens with zero attached hydrogens (tertiary/aromatic N) is 4. The van der Waals surface area contributed by atoms with E-state index in [0.29, 0.717) is 11.7 Å². The van der Waals surface area contributed by atoms with Gasteiger partial charge in [0.2, 0.25) is 5.91 Å². The molecule has 10 nitrogen and oxygen atoms in total. The van der Waals surface area contributed by atoms with E-state index in [1.165, 1.54) is 60.4 Å². The molecule has 0 aliphatic heterocycles. The predicted octanol–water partition coefficient (Wildman–Crippen LogP) is 2.01. The van der Waals surface area contributed by atoms with E-state index in [0.717, 1.165) is 24.9 Å². The van der Waals surface area contributed by atoms with Gasteiger partial charge in [-0.1, -0.05) is 0 Å². The first-order chi connectivity index (χ1) is 15.7. The summed E-state index contributed by atoms with van der Waals surface area (Å²) in [4.78, 5) is 60.0. The van der Waals surface area contributed by atoms with Crippen LogP contribution in [0, 0.1) is 6.92 Å². The molecule has 0 bridgehead atoms. The SMILES string of the molecule is CC(=O)NCc1ccc(-c2nc(NC(=O)c3ccc4c(=O)n(C)c(=O)n(C)c4n3)sc2C)s1. The minimum Gasteiger partial charge on any atom is -0.351 e. The summed E-state index contributed by atoms with van der Waals surface area (Å²) in [6, 6.07) is 6.79. The fourth-order valence-electron chi connectivity index (χ4n) is 3.23. The van der Waals surface area contributed by atoms with Crippen LogP contribution in [0.25, 0.3) is 21.6 Å². The molecule has 4 aromatic heterocycles. The zero-order chi connectivity index (χ0) is 23.9. The smallest absolute Gasteiger partial charge is 0.332 e. The molecule has 0 aliphatic rings. The first-order valence-corrected chi connectivity index (χ1v) is 11.5. The summed E-state index contributed by atoms with van der Waals surface area (Å²) >= 11 is 2.85. The van der Waals surface area contributed by atoms with Gasteiger partial charge in [0.1, 0.15) is 11.3 Å². The van der Waals surface area contributed by atoms with Crippen molar-refractivity contribution in [2.24, 2.45) is 14.1 Å². The molecule has 0 aliphatic carbocycles. The average molecular weight is 485 g/mol. The molecule has 0 unspecified atom stereocenters. The zero-order valence-electron chi connectivity index (χ0n) is 18.3. The van der Waals surface area contributed by atoms with Crippen molar-refractivity contribution >= 4 is 50.7 Å². The highest BCUT2D eigenvalue weighted by Crippen LogP contribution is 2.34. The van der Waals surface area contributed by atoms with Crippen LogP contribution in [-0.2, 0) is 25.4 Å². The number of nitrogens with one attached hydrogen (secondary N) is 2. The van der Waals surface area contributed by atoms with E-state index in [4.69, 9.17) is 0 Å². The summed E-state index contributed by atoms with van der Waals surface area (Å²) in [7, 11) is 2.89. The van der Waals surface area contributed by atoms with Gasteiger partial charge < -0.3 is 5.32 Å². The number of rotatable bonds is 5. The average Bonchev–Trinajstić information content (AvgIpc) is 3.40. The number of hydrogen-bond acceptors (Lipinski definition) is 8. The van der Waals surface area contributed by atoms with Crippen LogP contribution in [-0.4, -0.2) is 30.9 Å². The minimum atomic E-state index is -0.522. The highest BCUT2D eigenvalue weighted by atomic mass is 32.1. The Labute approximate surface area is 195 Å². The lowest BCUT2D eigenvalue weighted by atomic mass is 10.2. The number of thiophene rings is 1. The van der Waals surface area contributed by atoms with E-state index >= 15 is 0 Å². The Kier molecular flexibility index (Phi) is 5.95. The number of hydrogen-bond donors (Lipinski definition) is 2. The van der Waals surface area contributed by atoms with Crippen LogP contribution in [0.4, 0.5) is 5.13 Å². The van der Waals surface area contributed by atoms with Crippen molar-refractivity contribution in [3.8, 4) is 10.6 Å². The van der Waals surface area contributed by atoms with Crippen molar-refractivity contribution in [2.75, 3.05) is 5.32 Å². The van der Waals surface area contributed by atoms with Crippen LogP contribution < -0.4 is 21.9 Å². The van der Waals surface area contributed by atoms with Crippen molar-refractivity contribution in [2.45, 2.75) is 20.4 Å². The number of anilines is 1. The molecule has 0 atom stereocenters. The molecule has 4 rings (SSSR count). The second kappa shape index (κ2) is 8.71. The van der Waals surface area contributed by atoms with Gasteiger partial charge in [0.05, 0.1) is 22.5 Å². The molecule has 0 spiro atoms. The predicted molar refractivity (Wildman–Crippen MR) is 128 cm³/mol. The number of carbonyl (C=O) groups is 2. The lowest BCUT2D eigenvalue weighted by Crippen LogP contribution is -2.37. The highest BCUT2D eigenvalue weighted by molar-refractivity contribution is 7.18. The Bertz CT molecular complexity index is 1530. The van der Waals surface area contributed by atoms with Gasteiger partial charge in [0.15, 0.2) is 5.13 Å². The Balaban J connectivity index is 1.59. The fourth-order valence-corrected chi connectivity index (χ4v) is 5.11. The Morgan fingerprint density at radius 2 is 1.79 bits per heavy atom. The quantitative estimate of drug-likeness (QED) is 0.446. The Morgan fingerprint density at radius 3 is 2.52 bits per heavy atom. The maximum Gasteiger partial charge on any atom is 0.332 e. The van der Waals surface area contributed by atoms with Crippen LogP contribution in [0.1, 0.15) is 27.2 Å². The first-order valence-electron chi connectivity index (χ1n) is 9.84. The van der Waals surface area contributed by atoms with Gasteiger partial charge in [-0.25, -0.2) is 14.8 Å². The van der Waals surface area contributed by atoms with E-state index in [9.17, 15) is 19.2 Å². The van der Waals surface area contributed by atoms with Crippen molar-refractivity contribution in [1.82, 2.24) is 24.4 Å².